The summed E-state index contributed by atoms with van der Waals surface area (Å²) in [5.74, 6) is 0.995. The Bertz CT molecular complexity index is 450. The minimum atomic E-state index is 0.261. The molecule has 0 aliphatic carbocycles. The van der Waals surface area contributed by atoms with Crippen LogP contribution in [0.25, 0.3) is 0 Å². The summed E-state index contributed by atoms with van der Waals surface area (Å²) in [6, 6.07) is 9.29. The molecular weight excluding hydrogens is 276 g/mol. The van der Waals surface area contributed by atoms with Crippen molar-refractivity contribution in [2.24, 2.45) is 0 Å². The van der Waals surface area contributed by atoms with Crippen molar-refractivity contribution in [3.05, 3.63) is 29.8 Å². The molecule has 1 saturated heterocycles. The van der Waals surface area contributed by atoms with Crippen LogP contribution in [0.5, 0.6) is 5.75 Å². The number of para-hydroxylation sites is 1. The topological polar surface area (TPSA) is 35.9 Å². The Morgan fingerprint density at radius 1 is 1.27 bits per heavy atom. The number of rotatable bonds is 7. The Morgan fingerprint density at radius 2 is 2.05 bits per heavy atom. The fourth-order valence-corrected chi connectivity index (χ4v) is 3.33. The van der Waals surface area contributed by atoms with Crippen LogP contribution in [-0.2, 0) is 6.54 Å². The quantitative estimate of drug-likeness (QED) is 0.839. The minimum Gasteiger partial charge on any atom is -0.494 e. The molecule has 1 aromatic rings. The summed E-state index contributed by atoms with van der Waals surface area (Å²) in [4.78, 5) is 5.00. The molecule has 1 atom stereocenters. The van der Waals surface area contributed by atoms with Crippen molar-refractivity contribution in [3.63, 3.8) is 0 Å². The third kappa shape index (κ3) is 4.45. The van der Waals surface area contributed by atoms with Gasteiger partial charge in [-0.1, -0.05) is 18.2 Å². The normalized spacial score (nSPS) is 20.5. The Hall–Kier alpha value is -1.10. The highest BCUT2D eigenvalue weighted by Crippen LogP contribution is 2.23. The number of aliphatic hydroxyl groups excluding tert-OH is 1. The van der Waals surface area contributed by atoms with Crippen molar-refractivity contribution in [1.29, 1.82) is 0 Å². The van der Waals surface area contributed by atoms with Gasteiger partial charge in [0.25, 0.3) is 0 Å². The van der Waals surface area contributed by atoms with Crippen LogP contribution in [0.2, 0.25) is 0 Å². The molecule has 1 N–H and O–H groups in total. The number of hydrogen-bond donors (Lipinski definition) is 1. The van der Waals surface area contributed by atoms with E-state index in [1.165, 1.54) is 5.56 Å². The van der Waals surface area contributed by atoms with Crippen molar-refractivity contribution in [3.8, 4) is 5.75 Å². The maximum absolute atomic E-state index is 9.34. The molecule has 0 saturated carbocycles. The molecular formula is C18H30N2O2. The van der Waals surface area contributed by atoms with Gasteiger partial charge in [0.1, 0.15) is 5.75 Å². The van der Waals surface area contributed by atoms with E-state index in [2.05, 4.69) is 41.8 Å². The molecule has 0 bridgehead atoms. The van der Waals surface area contributed by atoms with Crippen LogP contribution >= 0.6 is 0 Å². The molecule has 2 rings (SSSR count). The Kier molecular flexibility index (Phi) is 6.68. The molecule has 1 aliphatic heterocycles. The lowest BCUT2D eigenvalue weighted by Crippen LogP contribution is -2.55. The van der Waals surface area contributed by atoms with Crippen LogP contribution < -0.4 is 4.74 Å². The van der Waals surface area contributed by atoms with Gasteiger partial charge in [-0.3, -0.25) is 9.80 Å². The summed E-state index contributed by atoms with van der Waals surface area (Å²) in [6.45, 7) is 11.5. The number of nitrogens with zero attached hydrogens (tertiary/aromatic N) is 2. The highest BCUT2D eigenvalue weighted by Gasteiger charge is 2.28. The zero-order valence-corrected chi connectivity index (χ0v) is 14.2. The number of hydrogen-bond acceptors (Lipinski definition) is 4. The highest BCUT2D eigenvalue weighted by atomic mass is 16.5. The van der Waals surface area contributed by atoms with Crippen LogP contribution in [0, 0.1) is 0 Å². The third-order valence-corrected chi connectivity index (χ3v) is 4.40. The maximum Gasteiger partial charge on any atom is 0.123 e. The van der Waals surface area contributed by atoms with Gasteiger partial charge < -0.3 is 9.84 Å². The van der Waals surface area contributed by atoms with E-state index >= 15 is 0 Å². The number of aliphatic hydroxyl groups is 1. The molecule has 1 aliphatic rings. The lowest BCUT2D eigenvalue weighted by atomic mass is 10.1. The van der Waals surface area contributed by atoms with E-state index in [1.54, 1.807) is 0 Å². The van der Waals surface area contributed by atoms with Gasteiger partial charge in [0.2, 0.25) is 0 Å². The second-order valence-electron chi connectivity index (χ2n) is 6.27. The van der Waals surface area contributed by atoms with Gasteiger partial charge in [0.15, 0.2) is 0 Å². The summed E-state index contributed by atoms with van der Waals surface area (Å²) < 4.78 is 5.74. The van der Waals surface area contributed by atoms with Gasteiger partial charge in [-0.25, -0.2) is 0 Å². The third-order valence-electron chi connectivity index (χ3n) is 4.40. The maximum atomic E-state index is 9.34. The Labute approximate surface area is 134 Å². The Balaban J connectivity index is 2.02. The molecule has 4 nitrogen and oxygen atoms in total. The highest BCUT2D eigenvalue weighted by molar-refractivity contribution is 5.33. The summed E-state index contributed by atoms with van der Waals surface area (Å²) in [6.07, 6.45) is 0.849. The van der Waals surface area contributed by atoms with Crippen molar-refractivity contribution >= 4 is 0 Å². The van der Waals surface area contributed by atoms with Crippen molar-refractivity contribution in [1.82, 2.24) is 9.80 Å². The van der Waals surface area contributed by atoms with E-state index in [0.717, 1.165) is 38.3 Å². The van der Waals surface area contributed by atoms with Crippen LogP contribution in [0.1, 0.15) is 32.8 Å². The first-order chi connectivity index (χ1) is 10.7. The summed E-state index contributed by atoms with van der Waals surface area (Å²) >= 11 is 0. The van der Waals surface area contributed by atoms with E-state index in [0.29, 0.717) is 18.7 Å². The van der Waals surface area contributed by atoms with Crippen LogP contribution in [-0.4, -0.2) is 59.8 Å². The van der Waals surface area contributed by atoms with E-state index in [1.807, 2.05) is 13.0 Å². The monoisotopic (exact) mass is 306 g/mol. The zero-order valence-electron chi connectivity index (χ0n) is 14.2. The van der Waals surface area contributed by atoms with Gasteiger partial charge in [0, 0.05) is 50.4 Å². The molecule has 0 amide bonds. The lowest BCUT2D eigenvalue weighted by Gasteiger charge is -2.43. The summed E-state index contributed by atoms with van der Waals surface area (Å²) in [7, 11) is 0. The molecule has 4 heteroatoms. The Morgan fingerprint density at radius 3 is 2.73 bits per heavy atom. The smallest absolute Gasteiger partial charge is 0.123 e. The second kappa shape index (κ2) is 8.51. The molecule has 22 heavy (non-hydrogen) atoms. The number of benzene rings is 1. The predicted molar refractivity (Wildman–Crippen MR) is 90.2 cm³/mol. The fourth-order valence-electron chi connectivity index (χ4n) is 3.33. The average Bonchev–Trinajstić information content (AvgIpc) is 2.50. The van der Waals surface area contributed by atoms with Crippen molar-refractivity contribution in [2.75, 3.05) is 32.8 Å². The SMILES string of the molecule is CCOc1ccccc1CN1CCN(C(C)C)C(CCO)C1. The van der Waals surface area contributed by atoms with E-state index < -0.39 is 0 Å². The molecule has 1 fully saturated rings. The van der Waals surface area contributed by atoms with Crippen LogP contribution in [0.15, 0.2) is 24.3 Å². The first kappa shape index (κ1) is 17.3. The summed E-state index contributed by atoms with van der Waals surface area (Å²) in [5.41, 5.74) is 1.25. The minimum absolute atomic E-state index is 0.261. The van der Waals surface area contributed by atoms with Crippen molar-refractivity contribution in [2.45, 2.75) is 45.8 Å². The molecule has 0 radical (unpaired) electrons. The molecule has 1 unspecified atom stereocenters. The molecule has 0 spiro atoms. The summed E-state index contributed by atoms with van der Waals surface area (Å²) in [5, 5.41) is 9.34. The predicted octanol–water partition coefficient (Wildman–Crippen LogP) is 2.36. The molecule has 1 aromatic carbocycles. The van der Waals surface area contributed by atoms with E-state index in [9.17, 15) is 5.11 Å². The van der Waals surface area contributed by atoms with Crippen LogP contribution in [0.3, 0.4) is 0 Å². The standard InChI is InChI=1S/C18H30N2O2/c1-4-22-18-8-6-5-7-16(18)13-19-10-11-20(15(2)3)17(14-19)9-12-21/h5-8,15,17,21H,4,9-14H2,1-3H3. The van der Waals surface area contributed by atoms with Gasteiger partial charge in [0.05, 0.1) is 6.61 Å². The van der Waals surface area contributed by atoms with Gasteiger partial charge >= 0.3 is 0 Å². The average molecular weight is 306 g/mol. The van der Waals surface area contributed by atoms with Gasteiger partial charge in [-0.15, -0.1) is 0 Å². The molecule has 0 aromatic heterocycles. The first-order valence-electron chi connectivity index (χ1n) is 8.45. The zero-order chi connectivity index (χ0) is 15.9. The van der Waals surface area contributed by atoms with Gasteiger partial charge in [-0.05, 0) is 33.3 Å². The number of piperazine rings is 1. The second-order valence-corrected chi connectivity index (χ2v) is 6.27. The van der Waals surface area contributed by atoms with Crippen molar-refractivity contribution < 1.29 is 9.84 Å². The lowest BCUT2D eigenvalue weighted by molar-refractivity contribution is 0.0346. The molecule has 1 heterocycles. The van der Waals surface area contributed by atoms with E-state index in [-0.39, 0.29) is 6.61 Å². The van der Waals surface area contributed by atoms with Gasteiger partial charge in [-0.2, -0.15) is 0 Å². The van der Waals surface area contributed by atoms with Crippen LogP contribution in [0.4, 0.5) is 0 Å². The van der Waals surface area contributed by atoms with E-state index in [4.69, 9.17) is 4.74 Å². The first-order valence-corrected chi connectivity index (χ1v) is 8.45. The fraction of sp³-hybridized carbons (Fsp3) is 0.667. The molecule has 124 valence electrons. The number of ether oxygens (including phenoxy) is 1. The largest absolute Gasteiger partial charge is 0.494 e.